The fourth-order valence-corrected chi connectivity index (χ4v) is 1.54. The van der Waals surface area contributed by atoms with Gasteiger partial charge in [-0.15, -0.1) is 0 Å². The molecule has 1 heterocycles. The first-order chi connectivity index (χ1) is 8.28. The summed E-state index contributed by atoms with van der Waals surface area (Å²) in [5.41, 5.74) is 0.951. The van der Waals surface area contributed by atoms with Crippen LogP contribution in [0.2, 0.25) is 5.02 Å². The SMILES string of the molecule is CC(C)CNc1ccc(Cl)c(CNC(C)(C)C)n1. The van der Waals surface area contributed by atoms with Gasteiger partial charge in [-0.2, -0.15) is 0 Å². The molecule has 0 spiro atoms. The molecular formula is C14H24ClN3. The number of nitrogens with one attached hydrogen (secondary N) is 2. The van der Waals surface area contributed by atoms with E-state index in [1.54, 1.807) is 0 Å². The zero-order chi connectivity index (χ0) is 13.8. The van der Waals surface area contributed by atoms with Crippen LogP contribution in [0.25, 0.3) is 0 Å². The second-order valence-corrected chi connectivity index (χ2v) is 6.41. The van der Waals surface area contributed by atoms with Crippen LogP contribution >= 0.6 is 11.6 Å². The fraction of sp³-hybridized carbons (Fsp3) is 0.643. The van der Waals surface area contributed by atoms with Crippen molar-refractivity contribution in [3.63, 3.8) is 0 Å². The Morgan fingerprint density at radius 3 is 2.50 bits per heavy atom. The van der Waals surface area contributed by atoms with Gasteiger partial charge >= 0.3 is 0 Å². The van der Waals surface area contributed by atoms with Crippen molar-refractivity contribution in [2.45, 2.75) is 46.7 Å². The van der Waals surface area contributed by atoms with Gasteiger partial charge < -0.3 is 10.6 Å². The largest absolute Gasteiger partial charge is 0.370 e. The van der Waals surface area contributed by atoms with Gasteiger partial charge in [-0.1, -0.05) is 25.4 Å². The minimum atomic E-state index is 0.0619. The highest BCUT2D eigenvalue weighted by Gasteiger charge is 2.11. The average Bonchev–Trinajstić information content (AvgIpc) is 2.25. The summed E-state index contributed by atoms with van der Waals surface area (Å²) in [7, 11) is 0. The molecule has 102 valence electrons. The number of aromatic nitrogens is 1. The molecule has 1 aromatic rings. The molecule has 0 atom stereocenters. The summed E-state index contributed by atoms with van der Waals surface area (Å²) in [6.07, 6.45) is 0. The Morgan fingerprint density at radius 2 is 1.94 bits per heavy atom. The highest BCUT2D eigenvalue weighted by Crippen LogP contribution is 2.17. The predicted octanol–water partition coefficient (Wildman–Crippen LogP) is 3.69. The van der Waals surface area contributed by atoms with E-state index in [1.807, 2.05) is 12.1 Å². The summed E-state index contributed by atoms with van der Waals surface area (Å²) in [5.74, 6) is 1.48. The molecule has 0 saturated carbocycles. The van der Waals surface area contributed by atoms with Gasteiger partial charge in [0.15, 0.2) is 0 Å². The molecule has 18 heavy (non-hydrogen) atoms. The molecule has 4 heteroatoms. The summed E-state index contributed by atoms with van der Waals surface area (Å²) in [6, 6.07) is 3.82. The third-order valence-corrected chi connectivity index (χ3v) is 2.74. The lowest BCUT2D eigenvalue weighted by Gasteiger charge is -2.21. The maximum absolute atomic E-state index is 6.16. The fourth-order valence-electron chi connectivity index (χ4n) is 1.36. The van der Waals surface area contributed by atoms with Crippen LogP contribution in [0.15, 0.2) is 12.1 Å². The van der Waals surface area contributed by atoms with E-state index in [-0.39, 0.29) is 5.54 Å². The Bertz CT molecular complexity index is 383. The van der Waals surface area contributed by atoms with Crippen molar-refractivity contribution in [2.24, 2.45) is 5.92 Å². The second kappa shape index (κ2) is 6.39. The third-order valence-electron chi connectivity index (χ3n) is 2.40. The predicted molar refractivity (Wildman–Crippen MR) is 79.2 cm³/mol. The van der Waals surface area contributed by atoms with Gasteiger partial charge in [0.1, 0.15) is 5.82 Å². The van der Waals surface area contributed by atoms with E-state index in [2.05, 4.69) is 50.2 Å². The smallest absolute Gasteiger partial charge is 0.126 e. The quantitative estimate of drug-likeness (QED) is 0.856. The summed E-state index contributed by atoms with van der Waals surface area (Å²) >= 11 is 6.16. The van der Waals surface area contributed by atoms with Crippen LogP contribution in [0.5, 0.6) is 0 Å². The molecule has 0 unspecified atom stereocenters. The maximum Gasteiger partial charge on any atom is 0.126 e. The molecule has 2 N–H and O–H groups in total. The van der Waals surface area contributed by atoms with Crippen molar-refractivity contribution in [3.05, 3.63) is 22.8 Å². The number of hydrogen-bond acceptors (Lipinski definition) is 3. The van der Waals surface area contributed by atoms with Gasteiger partial charge in [-0.3, -0.25) is 0 Å². The van der Waals surface area contributed by atoms with E-state index in [1.165, 1.54) is 0 Å². The van der Waals surface area contributed by atoms with Gasteiger partial charge in [0.25, 0.3) is 0 Å². The lowest BCUT2D eigenvalue weighted by Crippen LogP contribution is -2.35. The number of nitrogens with zero attached hydrogens (tertiary/aromatic N) is 1. The highest BCUT2D eigenvalue weighted by atomic mass is 35.5. The van der Waals surface area contributed by atoms with E-state index in [4.69, 9.17) is 11.6 Å². The zero-order valence-electron chi connectivity index (χ0n) is 12.0. The Morgan fingerprint density at radius 1 is 1.28 bits per heavy atom. The van der Waals surface area contributed by atoms with Gasteiger partial charge in [0.05, 0.1) is 10.7 Å². The van der Waals surface area contributed by atoms with Gasteiger partial charge in [0, 0.05) is 18.6 Å². The van der Waals surface area contributed by atoms with Gasteiger partial charge in [-0.25, -0.2) is 4.98 Å². The minimum absolute atomic E-state index is 0.0619. The Balaban J connectivity index is 2.69. The average molecular weight is 270 g/mol. The van der Waals surface area contributed by atoms with Crippen molar-refractivity contribution in [1.82, 2.24) is 10.3 Å². The molecule has 0 aliphatic heterocycles. The van der Waals surface area contributed by atoms with Crippen LogP contribution < -0.4 is 10.6 Å². The molecule has 0 aromatic carbocycles. The van der Waals surface area contributed by atoms with Crippen LogP contribution in [0.3, 0.4) is 0 Å². The van der Waals surface area contributed by atoms with E-state index >= 15 is 0 Å². The standard InChI is InChI=1S/C14H24ClN3/c1-10(2)8-16-13-7-6-11(15)12(18-13)9-17-14(3,4)5/h6-7,10,17H,8-9H2,1-5H3,(H,16,18). The molecule has 0 fully saturated rings. The first-order valence-corrected chi connectivity index (χ1v) is 6.80. The van der Waals surface area contributed by atoms with Crippen molar-refractivity contribution in [2.75, 3.05) is 11.9 Å². The Labute approximate surface area is 115 Å². The molecule has 3 nitrogen and oxygen atoms in total. The van der Waals surface area contributed by atoms with Crippen molar-refractivity contribution < 1.29 is 0 Å². The van der Waals surface area contributed by atoms with Crippen LogP contribution in [-0.2, 0) is 6.54 Å². The molecule has 1 aromatic heterocycles. The molecule has 0 amide bonds. The lowest BCUT2D eigenvalue weighted by molar-refractivity contribution is 0.421. The molecule has 0 aliphatic carbocycles. The van der Waals surface area contributed by atoms with Crippen molar-refractivity contribution in [3.8, 4) is 0 Å². The van der Waals surface area contributed by atoms with E-state index in [0.29, 0.717) is 17.5 Å². The molecule has 0 radical (unpaired) electrons. The van der Waals surface area contributed by atoms with Gasteiger partial charge in [-0.05, 0) is 38.8 Å². The van der Waals surface area contributed by atoms with Crippen LogP contribution in [0.4, 0.5) is 5.82 Å². The minimum Gasteiger partial charge on any atom is -0.370 e. The lowest BCUT2D eigenvalue weighted by atomic mass is 10.1. The summed E-state index contributed by atoms with van der Waals surface area (Å²) in [4.78, 5) is 4.54. The highest BCUT2D eigenvalue weighted by molar-refractivity contribution is 6.31. The zero-order valence-corrected chi connectivity index (χ0v) is 12.7. The molecule has 1 rings (SSSR count). The first-order valence-electron chi connectivity index (χ1n) is 6.42. The Kier molecular flexibility index (Phi) is 5.42. The van der Waals surface area contributed by atoms with Crippen LogP contribution in [-0.4, -0.2) is 17.1 Å². The van der Waals surface area contributed by atoms with Crippen molar-refractivity contribution >= 4 is 17.4 Å². The molecule has 0 bridgehead atoms. The summed E-state index contributed by atoms with van der Waals surface area (Å²) in [5, 5.41) is 7.42. The molecule has 0 aliphatic rings. The number of anilines is 1. The first kappa shape index (κ1) is 15.3. The van der Waals surface area contributed by atoms with E-state index < -0.39 is 0 Å². The maximum atomic E-state index is 6.16. The monoisotopic (exact) mass is 269 g/mol. The Hall–Kier alpha value is -0.800. The van der Waals surface area contributed by atoms with E-state index in [0.717, 1.165) is 18.1 Å². The molecular weight excluding hydrogens is 246 g/mol. The van der Waals surface area contributed by atoms with Crippen LogP contribution in [0, 0.1) is 5.92 Å². The van der Waals surface area contributed by atoms with Crippen LogP contribution in [0.1, 0.15) is 40.3 Å². The third kappa shape index (κ3) is 5.69. The normalized spacial score (nSPS) is 11.9. The molecule has 0 saturated heterocycles. The summed E-state index contributed by atoms with van der Waals surface area (Å²) in [6.45, 7) is 12.3. The van der Waals surface area contributed by atoms with E-state index in [9.17, 15) is 0 Å². The number of hydrogen-bond donors (Lipinski definition) is 2. The number of rotatable bonds is 5. The summed E-state index contributed by atoms with van der Waals surface area (Å²) < 4.78 is 0. The van der Waals surface area contributed by atoms with Gasteiger partial charge in [0.2, 0.25) is 0 Å². The van der Waals surface area contributed by atoms with Crippen molar-refractivity contribution in [1.29, 1.82) is 0 Å². The number of halogens is 1. The topological polar surface area (TPSA) is 37.0 Å². The second-order valence-electron chi connectivity index (χ2n) is 6.00. The number of pyridine rings is 1.